The predicted octanol–water partition coefficient (Wildman–Crippen LogP) is 1.05. The van der Waals surface area contributed by atoms with E-state index >= 15 is 0 Å². The second kappa shape index (κ2) is 8.38. The van der Waals surface area contributed by atoms with Gasteiger partial charge >= 0.3 is 0 Å². The van der Waals surface area contributed by atoms with Gasteiger partial charge in [0.2, 0.25) is 0 Å². The lowest BCUT2D eigenvalue weighted by atomic mass is 9.97. The van der Waals surface area contributed by atoms with Gasteiger partial charge in [-0.2, -0.15) is 0 Å². The third kappa shape index (κ3) is 6.25. The highest BCUT2D eigenvalue weighted by molar-refractivity contribution is 5.78. The van der Waals surface area contributed by atoms with Crippen LogP contribution < -0.4 is 11.1 Å². The van der Waals surface area contributed by atoms with Gasteiger partial charge in [0.05, 0.1) is 6.61 Å². The Bertz CT molecular complexity index is 281. The minimum atomic E-state index is 0.201. The molecule has 112 valence electrons. The van der Waals surface area contributed by atoms with E-state index in [4.69, 9.17) is 10.5 Å². The molecule has 1 aliphatic heterocycles. The van der Waals surface area contributed by atoms with Crippen molar-refractivity contribution in [2.45, 2.75) is 45.7 Å². The molecule has 0 radical (unpaired) electrons. The Morgan fingerprint density at radius 2 is 2.21 bits per heavy atom. The smallest absolute Gasteiger partial charge is 0.188 e. The SMILES string of the molecule is COCC(C)NC(N)=NCC1CCCN(C(C)C)C1. The average Bonchev–Trinajstić information content (AvgIpc) is 2.37. The average molecular weight is 270 g/mol. The minimum Gasteiger partial charge on any atom is -0.383 e. The predicted molar refractivity (Wildman–Crippen MR) is 80.4 cm³/mol. The maximum Gasteiger partial charge on any atom is 0.188 e. The van der Waals surface area contributed by atoms with Crippen LogP contribution in [0.1, 0.15) is 33.6 Å². The highest BCUT2D eigenvalue weighted by Crippen LogP contribution is 2.18. The molecule has 1 heterocycles. The summed E-state index contributed by atoms with van der Waals surface area (Å²) in [6.45, 7) is 10.4. The van der Waals surface area contributed by atoms with E-state index in [1.807, 2.05) is 6.92 Å². The van der Waals surface area contributed by atoms with Crippen LogP contribution >= 0.6 is 0 Å². The van der Waals surface area contributed by atoms with Crippen LogP contribution in [0.15, 0.2) is 4.99 Å². The number of guanidine groups is 1. The normalized spacial score (nSPS) is 23.6. The molecule has 2 atom stereocenters. The van der Waals surface area contributed by atoms with Gasteiger partial charge in [0, 0.05) is 32.3 Å². The van der Waals surface area contributed by atoms with E-state index in [2.05, 4.69) is 29.1 Å². The van der Waals surface area contributed by atoms with Crippen LogP contribution in [0.25, 0.3) is 0 Å². The van der Waals surface area contributed by atoms with E-state index in [1.165, 1.54) is 19.4 Å². The zero-order chi connectivity index (χ0) is 14.3. The van der Waals surface area contributed by atoms with Crippen molar-refractivity contribution in [3.8, 4) is 0 Å². The molecule has 1 rings (SSSR count). The number of hydrogen-bond acceptors (Lipinski definition) is 3. The Morgan fingerprint density at radius 3 is 2.84 bits per heavy atom. The number of nitrogens with two attached hydrogens (primary N) is 1. The molecule has 1 aliphatic rings. The maximum absolute atomic E-state index is 5.89. The molecule has 2 unspecified atom stereocenters. The molecule has 0 bridgehead atoms. The van der Waals surface area contributed by atoms with Gasteiger partial charge in [-0.25, -0.2) is 0 Å². The number of hydrogen-bond donors (Lipinski definition) is 2. The van der Waals surface area contributed by atoms with Crippen molar-refractivity contribution in [1.29, 1.82) is 0 Å². The van der Waals surface area contributed by atoms with Gasteiger partial charge in [0.1, 0.15) is 0 Å². The Kier molecular flexibility index (Phi) is 7.16. The Labute approximate surface area is 117 Å². The van der Waals surface area contributed by atoms with Crippen LogP contribution in [0.4, 0.5) is 0 Å². The van der Waals surface area contributed by atoms with Gasteiger partial charge < -0.3 is 20.7 Å². The van der Waals surface area contributed by atoms with Crippen molar-refractivity contribution in [3.63, 3.8) is 0 Å². The lowest BCUT2D eigenvalue weighted by Crippen LogP contribution is -2.43. The van der Waals surface area contributed by atoms with Crippen molar-refractivity contribution in [1.82, 2.24) is 10.2 Å². The largest absolute Gasteiger partial charge is 0.383 e. The summed E-state index contributed by atoms with van der Waals surface area (Å²) in [6, 6.07) is 0.830. The zero-order valence-electron chi connectivity index (χ0n) is 12.9. The lowest BCUT2D eigenvalue weighted by Gasteiger charge is -2.34. The first-order valence-corrected chi connectivity index (χ1v) is 7.32. The number of methoxy groups -OCH3 is 1. The fourth-order valence-corrected chi connectivity index (χ4v) is 2.53. The summed E-state index contributed by atoms with van der Waals surface area (Å²) < 4.78 is 5.06. The molecule has 0 spiro atoms. The van der Waals surface area contributed by atoms with Gasteiger partial charge in [-0.05, 0) is 46.1 Å². The third-order valence-corrected chi connectivity index (χ3v) is 3.61. The van der Waals surface area contributed by atoms with E-state index in [-0.39, 0.29) is 6.04 Å². The van der Waals surface area contributed by atoms with Gasteiger partial charge in [-0.3, -0.25) is 4.99 Å². The summed E-state index contributed by atoms with van der Waals surface area (Å²) >= 11 is 0. The fraction of sp³-hybridized carbons (Fsp3) is 0.929. The third-order valence-electron chi connectivity index (χ3n) is 3.61. The fourth-order valence-electron chi connectivity index (χ4n) is 2.53. The molecule has 0 aromatic rings. The molecule has 0 aliphatic carbocycles. The summed E-state index contributed by atoms with van der Waals surface area (Å²) in [7, 11) is 1.69. The maximum atomic E-state index is 5.89. The summed E-state index contributed by atoms with van der Waals surface area (Å²) in [4.78, 5) is 6.99. The number of likely N-dealkylation sites (tertiary alicyclic amines) is 1. The van der Waals surface area contributed by atoms with Crippen molar-refractivity contribution < 1.29 is 4.74 Å². The summed E-state index contributed by atoms with van der Waals surface area (Å²) in [5, 5.41) is 3.14. The molecule has 0 aromatic heterocycles. The zero-order valence-corrected chi connectivity index (χ0v) is 12.9. The molecular formula is C14H30N4O. The van der Waals surface area contributed by atoms with E-state index in [0.29, 0.717) is 24.5 Å². The van der Waals surface area contributed by atoms with Crippen molar-refractivity contribution >= 4 is 5.96 Å². The quantitative estimate of drug-likeness (QED) is 0.559. The monoisotopic (exact) mass is 270 g/mol. The minimum absolute atomic E-state index is 0.201. The van der Waals surface area contributed by atoms with E-state index < -0.39 is 0 Å². The molecule has 5 heteroatoms. The molecule has 3 N–H and O–H groups in total. The first-order valence-electron chi connectivity index (χ1n) is 7.32. The summed E-state index contributed by atoms with van der Waals surface area (Å²) in [5.41, 5.74) is 5.89. The Hall–Kier alpha value is -0.810. The Morgan fingerprint density at radius 1 is 1.47 bits per heavy atom. The van der Waals surface area contributed by atoms with Gasteiger partial charge in [-0.1, -0.05) is 0 Å². The molecule has 0 saturated carbocycles. The number of piperidine rings is 1. The highest BCUT2D eigenvalue weighted by atomic mass is 16.5. The first-order chi connectivity index (χ1) is 9.02. The topological polar surface area (TPSA) is 62.9 Å². The first kappa shape index (κ1) is 16.2. The van der Waals surface area contributed by atoms with Crippen molar-refractivity contribution in [2.75, 3.05) is 33.4 Å². The van der Waals surface area contributed by atoms with Crippen molar-refractivity contribution in [3.05, 3.63) is 0 Å². The molecule has 5 nitrogen and oxygen atoms in total. The standard InChI is InChI=1S/C14H30N4O/c1-11(2)18-7-5-6-13(9-18)8-16-14(15)17-12(3)10-19-4/h11-13H,5-10H2,1-4H3,(H3,15,16,17). The molecule has 1 fully saturated rings. The van der Waals surface area contributed by atoms with Crippen LogP contribution in [-0.2, 0) is 4.74 Å². The number of ether oxygens (including phenoxy) is 1. The number of rotatable bonds is 6. The van der Waals surface area contributed by atoms with E-state index in [9.17, 15) is 0 Å². The van der Waals surface area contributed by atoms with E-state index in [0.717, 1.165) is 13.1 Å². The van der Waals surface area contributed by atoms with Crippen LogP contribution in [0.2, 0.25) is 0 Å². The van der Waals surface area contributed by atoms with Crippen molar-refractivity contribution in [2.24, 2.45) is 16.6 Å². The van der Waals surface area contributed by atoms with Crippen LogP contribution in [-0.4, -0.2) is 56.3 Å². The molecule has 19 heavy (non-hydrogen) atoms. The van der Waals surface area contributed by atoms with Gasteiger partial charge in [0.15, 0.2) is 5.96 Å². The second-order valence-corrected chi connectivity index (χ2v) is 5.82. The van der Waals surface area contributed by atoms with Gasteiger partial charge in [-0.15, -0.1) is 0 Å². The number of nitrogens with one attached hydrogen (secondary N) is 1. The lowest BCUT2D eigenvalue weighted by molar-refractivity contribution is 0.143. The summed E-state index contributed by atoms with van der Waals surface area (Å²) in [6.07, 6.45) is 2.53. The Balaban J connectivity index is 2.33. The number of aliphatic imine (C=N–C) groups is 1. The van der Waals surface area contributed by atoms with E-state index in [1.54, 1.807) is 7.11 Å². The highest BCUT2D eigenvalue weighted by Gasteiger charge is 2.21. The summed E-state index contributed by atoms with van der Waals surface area (Å²) in [5.74, 6) is 1.17. The molecule has 0 aromatic carbocycles. The molecular weight excluding hydrogens is 240 g/mol. The van der Waals surface area contributed by atoms with Gasteiger partial charge in [0.25, 0.3) is 0 Å². The number of nitrogens with zero attached hydrogens (tertiary/aromatic N) is 2. The second-order valence-electron chi connectivity index (χ2n) is 5.82. The van der Waals surface area contributed by atoms with Crippen LogP contribution in [0, 0.1) is 5.92 Å². The molecule has 1 saturated heterocycles. The van der Waals surface area contributed by atoms with Crippen LogP contribution in [0.3, 0.4) is 0 Å². The van der Waals surface area contributed by atoms with Crippen LogP contribution in [0.5, 0.6) is 0 Å². The molecule has 0 amide bonds.